The Morgan fingerprint density at radius 3 is 0.482 bits per heavy atom. The zero-order chi connectivity index (χ0) is 97.6. The van der Waals surface area contributed by atoms with Crippen molar-refractivity contribution in [1.29, 1.82) is 0 Å². The van der Waals surface area contributed by atoms with Crippen molar-refractivity contribution in [3.63, 3.8) is 0 Å². The predicted molar refractivity (Wildman–Crippen MR) is 593 cm³/mol. The van der Waals surface area contributed by atoms with Crippen LogP contribution in [0.4, 0.5) is 0 Å². The summed E-state index contributed by atoms with van der Waals surface area (Å²) in [6.07, 6.45) is 41.9. The topological polar surface area (TPSA) is 111 Å². The molecule has 10 aromatic rings. The quantitative estimate of drug-likeness (QED) is 0.0339. The molecule has 141 heavy (non-hydrogen) atoms. The minimum Gasteiger partial charge on any atom is -0.367 e. The molecule has 6 fully saturated rings. The second-order valence-electron chi connectivity index (χ2n) is 41.5. The van der Waals surface area contributed by atoms with Crippen LogP contribution in [-0.4, -0.2) is 70.4 Å². The zero-order valence-corrected chi connectivity index (χ0v) is 92.9. The highest BCUT2D eigenvalue weighted by Gasteiger charge is 2.82. The summed E-state index contributed by atoms with van der Waals surface area (Å²) in [7, 11) is -40.2. The summed E-state index contributed by atoms with van der Waals surface area (Å²) < 4.78 is 102. The van der Waals surface area contributed by atoms with E-state index in [9.17, 15) is 0 Å². The van der Waals surface area contributed by atoms with Crippen molar-refractivity contribution in [2.75, 3.05) is 0 Å². The molecule has 0 spiro atoms. The smallest absolute Gasteiger partial charge is 0.367 e. The van der Waals surface area contributed by atoms with Gasteiger partial charge >= 0.3 is 70.4 Å². The van der Waals surface area contributed by atoms with E-state index in [0.717, 1.165) is 220 Å². The normalized spacial score (nSPS) is 25.6. The first kappa shape index (κ1) is 99.7. The predicted octanol–water partition coefficient (Wildman–Crippen LogP) is 32.4. The first-order chi connectivity index (χ1) is 68.7. The highest BCUT2D eigenvalue weighted by Crippen LogP contribution is 2.62. The van der Waals surface area contributed by atoms with Gasteiger partial charge in [-0.3, -0.25) is 0 Å². The molecule has 12 nitrogen and oxygen atoms in total. The van der Waals surface area contributed by atoms with Gasteiger partial charge in [-0.05, 0) is 249 Å². The third-order valence-corrected chi connectivity index (χ3v) is 64.3. The highest BCUT2D eigenvalue weighted by molar-refractivity contribution is 7.08. The SMILES string of the molecule is C=C[Si]12O[Si]3(C=C)O[Si]4(C=Cc5ccc6c(c5)C(CCCC)(CCCC)c5ccccc5-6)O[Si](C=Cc5ccc6c(c5)C(CCCC)(CCCC)c5ccccc5-6)(O1)O[Si]1(C=C)O[Si](C=Cc5ccc6c(c5)C(CCCC)(CCCC)c5ccccc5-6)(O2)O[Si](C=Cc2ccc5c(c2)C(CCCC)(CCCC)c2ccccc2-5)(O3)O[Si](C=Cc2ccc3c(c2)C(CCCC)(CCCC)c2ccccc2-3)(O1)O4. The molecule has 11 aliphatic rings. The van der Waals surface area contributed by atoms with Gasteiger partial charge in [-0.1, -0.05) is 440 Å². The molecule has 0 amide bonds. The van der Waals surface area contributed by atoms with E-state index in [0.29, 0.717) is 0 Å². The lowest BCUT2D eigenvalue weighted by molar-refractivity contribution is -0.00575. The minimum atomic E-state index is -5.13. The fourth-order valence-electron chi connectivity index (χ4n) is 25.7. The van der Waals surface area contributed by atoms with Crippen LogP contribution in [0.25, 0.3) is 86.0 Å². The lowest BCUT2D eigenvalue weighted by Gasteiger charge is -2.60. The summed E-state index contributed by atoms with van der Waals surface area (Å²) in [5.74, 6) is 0. The summed E-state index contributed by atoms with van der Waals surface area (Å²) in [5.41, 5.74) is 44.3. The second kappa shape index (κ2) is 40.7. The van der Waals surface area contributed by atoms with Crippen molar-refractivity contribution < 1.29 is 49.4 Å². The van der Waals surface area contributed by atoms with Gasteiger partial charge in [0.25, 0.3) is 0 Å². The number of unbranched alkanes of at least 4 members (excludes halogenated alkanes) is 10. The summed E-state index contributed by atoms with van der Waals surface area (Å²) in [6, 6.07) is 80.2. The summed E-state index contributed by atoms with van der Waals surface area (Å²) in [6.45, 7) is 37.5. The van der Waals surface area contributed by atoms with E-state index >= 15 is 0 Å². The van der Waals surface area contributed by atoms with Crippen molar-refractivity contribution in [3.8, 4) is 55.6 Å². The fraction of sp³-hybridized carbons (Fsp3) is 0.372. The van der Waals surface area contributed by atoms with Crippen LogP contribution in [0.15, 0.2) is 278 Å². The van der Waals surface area contributed by atoms with Crippen molar-refractivity contribution in [2.45, 2.75) is 289 Å². The van der Waals surface area contributed by atoms with Crippen LogP contribution in [0, 0.1) is 0 Å². The van der Waals surface area contributed by atoms with Gasteiger partial charge in [0.05, 0.1) is 0 Å². The second-order valence-corrected chi connectivity index (χ2v) is 63.9. The molecule has 732 valence electrons. The van der Waals surface area contributed by atoms with Crippen LogP contribution in [0.3, 0.4) is 0 Å². The van der Waals surface area contributed by atoms with Crippen LogP contribution >= 0.6 is 0 Å². The Morgan fingerprint density at radius 2 is 0.326 bits per heavy atom. The van der Waals surface area contributed by atoms with E-state index in [1.54, 1.807) is 17.1 Å². The lowest BCUT2D eigenvalue weighted by Crippen LogP contribution is -2.87. The molecule has 5 aliphatic carbocycles. The van der Waals surface area contributed by atoms with E-state index in [4.69, 9.17) is 69.1 Å². The summed E-state index contributed by atoms with van der Waals surface area (Å²) in [5, 5.41) is 0. The monoisotopic (exact) mass is 2010 g/mol. The van der Waals surface area contributed by atoms with Gasteiger partial charge in [-0.25, -0.2) is 0 Å². The van der Waals surface area contributed by atoms with E-state index in [2.05, 4.69) is 312 Å². The Labute approximate surface area is 849 Å². The standard InChI is InChI=1S/C121H144O12Si8/c1-14-27-72-117(73-28-15-2)107-52-42-37-47-97(107)102-62-57-92(87-112(102)117)67-82-137-123-134(24-11)122-135(25-12)125-139(130-137,84-69-94-59-64-104-99-49-39-44-54-109(99)119(76-31-18-5,77-32-19-6)114(104)89-94)132-141(86-71-96-61-66-106-101-51-41-46-56-111(101)121(80-35-22-9,81-36-23-10)116(106)91-96)129-136(26-13,127-137)128-138(124-134,83-68-93-58-63-103-98-48-38-43-53-108(98)118(74-29-16-3,75-30-17-4)113(103)88-93)131-140(126-135,133-141)85-70-95-60-65-105-100-50-40-45-55-110(100)120(78-33-20-7,79-34-21-8)115(105)90-95/h24-26,37-71,82-91H,11-23,27-36,72-81H2,1-10H3. The number of benzene rings is 10. The maximum Gasteiger partial charge on any atom is 0.508 e. The zero-order valence-electron chi connectivity index (χ0n) is 84.9. The molecule has 0 N–H and O–H groups in total. The van der Waals surface area contributed by atoms with Crippen LogP contribution in [0.5, 0.6) is 0 Å². The molecule has 6 saturated heterocycles. The van der Waals surface area contributed by atoms with E-state index < -0.39 is 70.4 Å². The van der Waals surface area contributed by atoms with Crippen molar-refractivity contribution in [1.82, 2.24) is 0 Å². The lowest BCUT2D eigenvalue weighted by atomic mass is 9.70. The maximum atomic E-state index is 8.69. The molecule has 0 aromatic heterocycles. The molecular formula is C121H144O12Si8. The van der Waals surface area contributed by atoms with Gasteiger partial charge in [0, 0.05) is 27.1 Å². The van der Waals surface area contributed by atoms with E-state index in [-0.39, 0.29) is 27.1 Å². The first-order valence-electron chi connectivity index (χ1n) is 53.7. The van der Waals surface area contributed by atoms with Gasteiger partial charge < -0.3 is 49.4 Å². The van der Waals surface area contributed by atoms with Gasteiger partial charge in [0.15, 0.2) is 0 Å². The largest absolute Gasteiger partial charge is 0.508 e. The van der Waals surface area contributed by atoms with Crippen LogP contribution < -0.4 is 0 Å². The number of hydrogen-bond donors (Lipinski definition) is 0. The molecular weight excluding hydrogens is 1870 g/mol. The van der Waals surface area contributed by atoms with Crippen molar-refractivity contribution in [3.05, 3.63) is 361 Å². The third-order valence-electron chi connectivity index (χ3n) is 32.6. The van der Waals surface area contributed by atoms with Crippen LogP contribution in [0.1, 0.15) is 345 Å². The average molecular weight is 2020 g/mol. The fourth-order valence-corrected chi connectivity index (χ4v) is 66.8. The number of rotatable bonds is 43. The molecule has 10 aromatic carbocycles. The molecule has 8 bridgehead atoms. The molecule has 21 rings (SSSR count). The minimum absolute atomic E-state index is 0.239. The Hall–Kier alpha value is -8.62. The van der Waals surface area contributed by atoms with Crippen LogP contribution in [0.2, 0.25) is 0 Å². The van der Waals surface area contributed by atoms with Crippen LogP contribution in [-0.2, 0) is 76.5 Å². The summed E-state index contributed by atoms with van der Waals surface area (Å²) in [4.78, 5) is 0. The van der Waals surface area contributed by atoms with Gasteiger partial charge in [-0.2, -0.15) is 0 Å². The molecule has 0 saturated carbocycles. The molecule has 4 unspecified atom stereocenters. The van der Waals surface area contributed by atoms with Gasteiger partial charge in [-0.15, -0.1) is 19.7 Å². The number of hydrogen-bond acceptors (Lipinski definition) is 12. The number of fused-ring (bicyclic) bond motifs is 15. The van der Waals surface area contributed by atoms with Crippen molar-refractivity contribution >= 4 is 101 Å². The Bertz CT molecular complexity index is 6200. The summed E-state index contributed by atoms with van der Waals surface area (Å²) >= 11 is 0. The first-order valence-corrected chi connectivity index (χ1v) is 68.1. The Morgan fingerprint density at radius 1 is 0.184 bits per heavy atom. The maximum absolute atomic E-state index is 8.69. The van der Waals surface area contributed by atoms with Gasteiger partial charge in [0.2, 0.25) is 0 Å². The molecule has 20 heteroatoms. The molecule has 0 radical (unpaired) electrons. The molecule has 4 atom stereocenters. The third kappa shape index (κ3) is 17.7. The van der Waals surface area contributed by atoms with Gasteiger partial charge in [0.1, 0.15) is 0 Å². The van der Waals surface area contributed by atoms with E-state index in [1.165, 1.54) is 111 Å². The Kier molecular flexibility index (Phi) is 28.7. The molecule has 6 aliphatic heterocycles. The molecule has 6 heterocycles. The van der Waals surface area contributed by atoms with E-state index in [1.807, 2.05) is 28.5 Å². The van der Waals surface area contributed by atoms with Crippen molar-refractivity contribution in [2.24, 2.45) is 0 Å². The highest BCUT2D eigenvalue weighted by atomic mass is 28.6. The average Bonchev–Trinajstić information content (AvgIpc) is 1.62. The Balaban J connectivity index is 0.850.